The Morgan fingerprint density at radius 3 is 2.30 bits per heavy atom. The first-order chi connectivity index (χ1) is 4.85. The summed E-state index contributed by atoms with van der Waals surface area (Å²) >= 11 is 0. The lowest BCUT2D eigenvalue weighted by molar-refractivity contribution is 0.304. The molecule has 0 saturated heterocycles. The van der Waals surface area contributed by atoms with E-state index in [9.17, 15) is 0 Å². The largest absolute Gasteiger partial charge is 0.304 e. The molecule has 0 unspecified atom stereocenters. The third-order valence-corrected chi connectivity index (χ3v) is 1.81. The highest BCUT2D eigenvalue weighted by Crippen LogP contribution is 1.92. The summed E-state index contributed by atoms with van der Waals surface area (Å²) in [6.07, 6.45) is 2.64. The maximum absolute atomic E-state index is 2.52. The highest BCUT2D eigenvalue weighted by Gasteiger charge is 1.97. The van der Waals surface area contributed by atoms with Crippen LogP contribution < -0.4 is 0 Å². The quantitative estimate of drug-likeness (QED) is 0.508. The standard InChI is InChI=1S/C8H20BN/c1-4-7-10(5-2)8-6-9-3/h9H,4-8H2,1-3H3. The first kappa shape index (κ1) is 10.0. The normalized spacial score (nSPS) is 10.4. The van der Waals surface area contributed by atoms with Crippen LogP contribution in [-0.2, 0) is 0 Å². The lowest BCUT2D eigenvalue weighted by Crippen LogP contribution is -2.25. The molecule has 0 bridgehead atoms. The fourth-order valence-corrected chi connectivity index (χ4v) is 1.13. The summed E-state index contributed by atoms with van der Waals surface area (Å²) in [7, 11) is 1.32. The molecule has 60 valence electrons. The minimum absolute atomic E-state index is 1.22. The zero-order valence-electron chi connectivity index (χ0n) is 7.69. The molecule has 0 aliphatic rings. The van der Waals surface area contributed by atoms with Gasteiger partial charge in [0.05, 0.1) is 0 Å². The molecule has 0 heterocycles. The fraction of sp³-hybridized carbons (Fsp3) is 1.00. The van der Waals surface area contributed by atoms with Crippen LogP contribution in [-0.4, -0.2) is 31.8 Å². The second-order valence-corrected chi connectivity index (χ2v) is 2.79. The average Bonchev–Trinajstić information content (AvgIpc) is 1.98. The van der Waals surface area contributed by atoms with Gasteiger partial charge in [-0.3, -0.25) is 0 Å². The maximum atomic E-state index is 2.52. The molecule has 0 aromatic rings. The Labute approximate surface area is 66.0 Å². The van der Waals surface area contributed by atoms with Gasteiger partial charge in [-0.1, -0.05) is 27.0 Å². The van der Waals surface area contributed by atoms with Gasteiger partial charge in [0.2, 0.25) is 0 Å². The first-order valence-corrected chi connectivity index (χ1v) is 4.57. The predicted octanol–water partition coefficient (Wildman–Crippen LogP) is 1.62. The third kappa shape index (κ3) is 4.86. The van der Waals surface area contributed by atoms with Crippen molar-refractivity contribution >= 4 is 7.28 Å². The molecule has 1 nitrogen and oxygen atoms in total. The summed E-state index contributed by atoms with van der Waals surface area (Å²) in [6.45, 7) is 10.5. The van der Waals surface area contributed by atoms with E-state index < -0.39 is 0 Å². The third-order valence-electron chi connectivity index (χ3n) is 1.81. The number of hydrogen-bond donors (Lipinski definition) is 0. The molecule has 0 rings (SSSR count). The van der Waals surface area contributed by atoms with Crippen molar-refractivity contribution < 1.29 is 0 Å². The average molecular weight is 141 g/mol. The minimum Gasteiger partial charge on any atom is -0.304 e. The topological polar surface area (TPSA) is 3.24 Å². The lowest BCUT2D eigenvalue weighted by atomic mass is 9.78. The van der Waals surface area contributed by atoms with E-state index in [1.54, 1.807) is 0 Å². The summed E-state index contributed by atoms with van der Waals surface area (Å²) in [5.74, 6) is 0. The van der Waals surface area contributed by atoms with Crippen molar-refractivity contribution in [3.63, 3.8) is 0 Å². The van der Waals surface area contributed by atoms with Crippen molar-refractivity contribution in [3.05, 3.63) is 0 Å². The highest BCUT2D eigenvalue weighted by atomic mass is 15.1. The molecule has 0 aromatic heterocycles. The summed E-state index contributed by atoms with van der Waals surface area (Å²) in [4.78, 5) is 2.52. The van der Waals surface area contributed by atoms with Gasteiger partial charge in [0, 0.05) is 0 Å². The predicted molar refractivity (Wildman–Crippen MR) is 50.2 cm³/mol. The highest BCUT2D eigenvalue weighted by molar-refractivity contribution is 6.33. The smallest absolute Gasteiger partial charge is 0.119 e. The Kier molecular flexibility index (Phi) is 7.15. The Morgan fingerprint density at radius 2 is 1.90 bits per heavy atom. The van der Waals surface area contributed by atoms with Crippen molar-refractivity contribution in [2.24, 2.45) is 0 Å². The van der Waals surface area contributed by atoms with Gasteiger partial charge >= 0.3 is 0 Å². The molecule has 0 fully saturated rings. The maximum Gasteiger partial charge on any atom is 0.119 e. The van der Waals surface area contributed by atoms with E-state index >= 15 is 0 Å². The van der Waals surface area contributed by atoms with Crippen LogP contribution in [0.1, 0.15) is 20.3 Å². The van der Waals surface area contributed by atoms with Crippen LogP contribution in [0.2, 0.25) is 13.1 Å². The van der Waals surface area contributed by atoms with Crippen LogP contribution in [0.3, 0.4) is 0 Å². The van der Waals surface area contributed by atoms with Crippen molar-refractivity contribution in [3.8, 4) is 0 Å². The van der Waals surface area contributed by atoms with Crippen molar-refractivity contribution in [1.82, 2.24) is 4.90 Å². The van der Waals surface area contributed by atoms with Crippen LogP contribution in [0.25, 0.3) is 0 Å². The molecular formula is C8H20BN. The molecule has 0 spiro atoms. The molecule has 0 N–H and O–H groups in total. The van der Waals surface area contributed by atoms with Crippen molar-refractivity contribution in [2.75, 3.05) is 19.6 Å². The minimum atomic E-state index is 1.22. The summed E-state index contributed by atoms with van der Waals surface area (Å²) in [5.41, 5.74) is 0. The molecule has 0 saturated carbocycles. The van der Waals surface area contributed by atoms with Crippen LogP contribution in [0.4, 0.5) is 0 Å². The van der Waals surface area contributed by atoms with E-state index in [1.807, 2.05) is 0 Å². The van der Waals surface area contributed by atoms with Gasteiger partial charge in [0.15, 0.2) is 0 Å². The van der Waals surface area contributed by atoms with Crippen molar-refractivity contribution in [2.45, 2.75) is 33.4 Å². The van der Waals surface area contributed by atoms with Gasteiger partial charge in [-0.05, 0) is 26.1 Å². The molecule has 0 amide bonds. The van der Waals surface area contributed by atoms with E-state index in [1.165, 1.54) is 39.7 Å². The van der Waals surface area contributed by atoms with Crippen molar-refractivity contribution in [1.29, 1.82) is 0 Å². The summed E-state index contributed by atoms with van der Waals surface area (Å²) < 4.78 is 0. The van der Waals surface area contributed by atoms with Crippen LogP contribution in [0.15, 0.2) is 0 Å². The number of rotatable bonds is 6. The van der Waals surface area contributed by atoms with E-state index in [-0.39, 0.29) is 0 Å². The van der Waals surface area contributed by atoms with Crippen LogP contribution >= 0.6 is 0 Å². The molecule has 0 radical (unpaired) electrons. The number of nitrogens with zero attached hydrogens (tertiary/aromatic N) is 1. The Balaban J connectivity index is 3.21. The monoisotopic (exact) mass is 141 g/mol. The summed E-state index contributed by atoms with van der Waals surface area (Å²) in [6, 6.07) is 0. The molecule has 2 heteroatoms. The van der Waals surface area contributed by atoms with E-state index in [2.05, 4.69) is 25.6 Å². The Hall–Kier alpha value is 0.0249. The molecule has 0 aliphatic heterocycles. The van der Waals surface area contributed by atoms with Crippen LogP contribution in [0, 0.1) is 0 Å². The van der Waals surface area contributed by atoms with Gasteiger partial charge in [-0.15, -0.1) is 0 Å². The second kappa shape index (κ2) is 7.14. The van der Waals surface area contributed by atoms with Gasteiger partial charge < -0.3 is 4.90 Å². The summed E-state index contributed by atoms with van der Waals surface area (Å²) in [5, 5.41) is 0. The second-order valence-electron chi connectivity index (χ2n) is 2.79. The Morgan fingerprint density at radius 1 is 1.20 bits per heavy atom. The number of hydrogen-bond acceptors (Lipinski definition) is 1. The molecule has 0 atom stereocenters. The zero-order chi connectivity index (χ0) is 7.82. The molecule has 0 aliphatic carbocycles. The van der Waals surface area contributed by atoms with Gasteiger partial charge in [0.1, 0.15) is 7.28 Å². The lowest BCUT2D eigenvalue weighted by Gasteiger charge is -2.18. The van der Waals surface area contributed by atoms with Gasteiger partial charge in [0.25, 0.3) is 0 Å². The van der Waals surface area contributed by atoms with E-state index in [0.29, 0.717) is 0 Å². The van der Waals surface area contributed by atoms with Crippen LogP contribution in [0.5, 0.6) is 0 Å². The fourth-order valence-electron chi connectivity index (χ4n) is 1.13. The Bertz CT molecular complexity index is 66.3. The SMILES string of the molecule is CBCCN(CC)CCC. The van der Waals surface area contributed by atoms with E-state index in [0.717, 1.165) is 0 Å². The van der Waals surface area contributed by atoms with Gasteiger partial charge in [-0.25, -0.2) is 0 Å². The molecule has 10 heavy (non-hydrogen) atoms. The first-order valence-electron chi connectivity index (χ1n) is 4.57. The molecular weight excluding hydrogens is 121 g/mol. The van der Waals surface area contributed by atoms with E-state index in [4.69, 9.17) is 0 Å². The zero-order valence-corrected chi connectivity index (χ0v) is 7.69. The van der Waals surface area contributed by atoms with Gasteiger partial charge in [-0.2, -0.15) is 0 Å². The molecule has 0 aromatic carbocycles.